The van der Waals surface area contributed by atoms with Gasteiger partial charge in [0.2, 0.25) is 0 Å². The van der Waals surface area contributed by atoms with Crippen LogP contribution in [0.4, 0.5) is 5.69 Å². The van der Waals surface area contributed by atoms with E-state index in [1.54, 1.807) is 14.2 Å². The minimum atomic E-state index is 0. The van der Waals surface area contributed by atoms with Gasteiger partial charge in [-0.1, -0.05) is 35.9 Å². The number of rotatable bonds is 6. The molecular weight excluding hydrogens is 487 g/mol. The molecule has 0 aliphatic carbocycles. The van der Waals surface area contributed by atoms with Crippen LogP contribution in [-0.2, 0) is 6.54 Å². The summed E-state index contributed by atoms with van der Waals surface area (Å²) in [7, 11) is 3.53. The van der Waals surface area contributed by atoms with Crippen LogP contribution in [0.25, 0.3) is 0 Å². The number of methoxy groups -OCH3 is 1. The lowest BCUT2D eigenvalue weighted by atomic mass is 10.1. The SMILES string of the molecule is CN=C(NCc1ccc(Cl)cc1)NCC1CCN(c2ccccc2OC)C1.I. The smallest absolute Gasteiger partial charge is 0.191 e. The molecule has 1 aliphatic heterocycles. The highest BCUT2D eigenvalue weighted by Gasteiger charge is 2.24. The molecule has 1 atom stereocenters. The van der Waals surface area contributed by atoms with Gasteiger partial charge in [-0.3, -0.25) is 4.99 Å². The first-order valence-corrected chi connectivity index (χ1v) is 9.64. The Morgan fingerprint density at radius 2 is 1.93 bits per heavy atom. The van der Waals surface area contributed by atoms with E-state index in [-0.39, 0.29) is 24.0 Å². The lowest BCUT2D eigenvalue weighted by Crippen LogP contribution is -2.39. The monoisotopic (exact) mass is 514 g/mol. The maximum Gasteiger partial charge on any atom is 0.191 e. The van der Waals surface area contributed by atoms with Crippen molar-refractivity contribution in [2.24, 2.45) is 10.9 Å². The summed E-state index contributed by atoms with van der Waals surface area (Å²) < 4.78 is 5.50. The number of ether oxygens (including phenoxy) is 1. The first-order chi connectivity index (χ1) is 13.2. The number of hydrogen-bond donors (Lipinski definition) is 2. The van der Waals surface area contributed by atoms with Gasteiger partial charge in [-0.15, -0.1) is 24.0 Å². The van der Waals surface area contributed by atoms with Gasteiger partial charge < -0.3 is 20.3 Å². The Labute approximate surface area is 189 Å². The summed E-state index contributed by atoms with van der Waals surface area (Å²) in [5.74, 6) is 2.33. The summed E-state index contributed by atoms with van der Waals surface area (Å²) in [4.78, 5) is 6.72. The molecule has 1 unspecified atom stereocenters. The molecule has 0 spiro atoms. The molecule has 0 bridgehead atoms. The van der Waals surface area contributed by atoms with Gasteiger partial charge in [0.15, 0.2) is 5.96 Å². The topological polar surface area (TPSA) is 48.9 Å². The molecule has 0 saturated carbocycles. The van der Waals surface area contributed by atoms with Gasteiger partial charge in [0.05, 0.1) is 12.8 Å². The lowest BCUT2D eigenvalue weighted by Gasteiger charge is -2.21. The molecule has 1 aliphatic rings. The van der Waals surface area contributed by atoms with Crippen LogP contribution in [0, 0.1) is 5.92 Å². The number of para-hydroxylation sites is 2. The number of aliphatic imine (C=N–C) groups is 1. The van der Waals surface area contributed by atoms with Gasteiger partial charge >= 0.3 is 0 Å². The van der Waals surface area contributed by atoms with Gasteiger partial charge in [-0.25, -0.2) is 0 Å². The number of nitrogens with zero attached hydrogens (tertiary/aromatic N) is 2. The van der Waals surface area contributed by atoms with Gasteiger partial charge in [-0.05, 0) is 42.2 Å². The summed E-state index contributed by atoms with van der Waals surface area (Å²) >= 11 is 5.93. The molecule has 0 amide bonds. The Bertz CT molecular complexity index is 769. The second kappa shape index (κ2) is 11.4. The molecule has 2 aromatic carbocycles. The molecule has 2 aromatic rings. The number of halogens is 2. The van der Waals surface area contributed by atoms with E-state index in [1.807, 2.05) is 36.4 Å². The van der Waals surface area contributed by atoms with Crippen molar-refractivity contribution in [2.75, 3.05) is 38.7 Å². The zero-order valence-corrected chi connectivity index (χ0v) is 19.4. The van der Waals surface area contributed by atoms with E-state index in [2.05, 4.69) is 32.7 Å². The summed E-state index contributed by atoms with van der Waals surface area (Å²) in [6.07, 6.45) is 1.15. The third kappa shape index (κ3) is 6.17. The highest BCUT2D eigenvalue weighted by Crippen LogP contribution is 2.31. The van der Waals surface area contributed by atoms with E-state index in [0.717, 1.165) is 49.3 Å². The molecule has 0 aromatic heterocycles. The van der Waals surface area contributed by atoms with Crippen molar-refractivity contribution in [3.63, 3.8) is 0 Å². The van der Waals surface area contributed by atoms with E-state index in [1.165, 1.54) is 11.3 Å². The van der Waals surface area contributed by atoms with Crippen molar-refractivity contribution in [3.05, 3.63) is 59.1 Å². The molecule has 1 heterocycles. The number of nitrogens with one attached hydrogen (secondary N) is 2. The maximum atomic E-state index is 5.93. The Balaban J connectivity index is 0.00000280. The van der Waals surface area contributed by atoms with E-state index in [4.69, 9.17) is 16.3 Å². The average molecular weight is 515 g/mol. The van der Waals surface area contributed by atoms with Crippen LogP contribution in [-0.4, -0.2) is 39.8 Å². The zero-order valence-electron chi connectivity index (χ0n) is 16.3. The number of anilines is 1. The number of guanidine groups is 1. The van der Waals surface area contributed by atoms with Gasteiger partial charge in [-0.2, -0.15) is 0 Å². The van der Waals surface area contributed by atoms with Crippen LogP contribution in [0.3, 0.4) is 0 Å². The Hall–Kier alpha value is -1.67. The molecule has 3 rings (SSSR count). The molecule has 1 saturated heterocycles. The van der Waals surface area contributed by atoms with Crippen LogP contribution in [0.2, 0.25) is 5.02 Å². The van der Waals surface area contributed by atoms with Crippen molar-refractivity contribution in [1.29, 1.82) is 0 Å². The second-order valence-corrected chi connectivity index (χ2v) is 7.14. The molecule has 1 fully saturated rings. The molecule has 28 heavy (non-hydrogen) atoms. The second-order valence-electron chi connectivity index (χ2n) is 6.71. The van der Waals surface area contributed by atoms with Crippen molar-refractivity contribution in [3.8, 4) is 5.75 Å². The van der Waals surface area contributed by atoms with Crippen LogP contribution in [0.1, 0.15) is 12.0 Å². The third-order valence-electron chi connectivity index (χ3n) is 4.87. The van der Waals surface area contributed by atoms with E-state index in [9.17, 15) is 0 Å². The third-order valence-corrected chi connectivity index (χ3v) is 5.12. The zero-order chi connectivity index (χ0) is 19.1. The van der Waals surface area contributed by atoms with Crippen molar-refractivity contribution in [2.45, 2.75) is 13.0 Å². The highest BCUT2D eigenvalue weighted by atomic mass is 127. The Morgan fingerprint density at radius 1 is 1.18 bits per heavy atom. The Kier molecular flexibility index (Phi) is 9.18. The lowest BCUT2D eigenvalue weighted by molar-refractivity contribution is 0.414. The molecule has 2 N–H and O–H groups in total. The first-order valence-electron chi connectivity index (χ1n) is 9.26. The molecule has 0 radical (unpaired) electrons. The summed E-state index contributed by atoms with van der Waals surface area (Å²) in [5.41, 5.74) is 2.35. The van der Waals surface area contributed by atoms with Crippen LogP contribution >= 0.6 is 35.6 Å². The summed E-state index contributed by atoms with van der Waals surface area (Å²) in [6, 6.07) is 16.1. The van der Waals surface area contributed by atoms with Gasteiger partial charge in [0, 0.05) is 38.2 Å². The maximum absolute atomic E-state index is 5.93. The van der Waals surface area contributed by atoms with Crippen molar-refractivity contribution >= 4 is 47.2 Å². The summed E-state index contributed by atoms with van der Waals surface area (Å²) in [6.45, 7) is 3.67. The average Bonchev–Trinajstić information content (AvgIpc) is 3.18. The predicted octanol–water partition coefficient (Wildman–Crippen LogP) is 4.16. The predicted molar refractivity (Wildman–Crippen MR) is 128 cm³/mol. The molecule has 152 valence electrons. The largest absolute Gasteiger partial charge is 0.495 e. The minimum absolute atomic E-state index is 0. The molecule has 7 heteroatoms. The highest BCUT2D eigenvalue weighted by molar-refractivity contribution is 14.0. The standard InChI is InChI=1S/C21H27ClN4O.HI/c1-23-21(24-13-16-7-9-18(22)10-8-16)25-14-17-11-12-26(15-17)19-5-3-4-6-20(19)27-2;/h3-10,17H,11-15H2,1-2H3,(H2,23,24,25);1H. The van der Waals surface area contributed by atoms with E-state index < -0.39 is 0 Å². The fraction of sp³-hybridized carbons (Fsp3) is 0.381. The Morgan fingerprint density at radius 3 is 2.64 bits per heavy atom. The van der Waals surface area contributed by atoms with Gasteiger partial charge in [0.25, 0.3) is 0 Å². The van der Waals surface area contributed by atoms with Gasteiger partial charge in [0.1, 0.15) is 5.75 Å². The molecule has 5 nitrogen and oxygen atoms in total. The van der Waals surface area contributed by atoms with Crippen LogP contribution < -0.4 is 20.3 Å². The summed E-state index contributed by atoms with van der Waals surface area (Å²) in [5, 5.41) is 7.55. The van der Waals surface area contributed by atoms with Crippen molar-refractivity contribution < 1.29 is 4.74 Å². The number of benzene rings is 2. The molecular formula is C21H28ClIN4O. The van der Waals surface area contributed by atoms with E-state index >= 15 is 0 Å². The van der Waals surface area contributed by atoms with Crippen LogP contribution in [0.5, 0.6) is 5.75 Å². The quantitative estimate of drug-likeness (QED) is 0.345. The fourth-order valence-corrected chi connectivity index (χ4v) is 3.48. The fourth-order valence-electron chi connectivity index (χ4n) is 3.36. The van der Waals surface area contributed by atoms with E-state index in [0.29, 0.717) is 5.92 Å². The normalized spacial score (nSPS) is 16.5. The minimum Gasteiger partial charge on any atom is -0.495 e. The number of hydrogen-bond acceptors (Lipinski definition) is 3. The van der Waals surface area contributed by atoms with Crippen LogP contribution in [0.15, 0.2) is 53.5 Å². The van der Waals surface area contributed by atoms with Crippen molar-refractivity contribution in [1.82, 2.24) is 10.6 Å². The first kappa shape index (κ1) is 22.6.